The first-order valence-corrected chi connectivity index (χ1v) is 7.52. The zero-order valence-corrected chi connectivity index (χ0v) is 12.7. The predicted octanol–water partition coefficient (Wildman–Crippen LogP) is 3.51. The van der Waals surface area contributed by atoms with Gasteiger partial charge >= 0.3 is 0 Å². The fraction of sp³-hybridized carbons (Fsp3) is 0.647. The van der Waals surface area contributed by atoms with Crippen molar-refractivity contribution in [1.82, 2.24) is 4.90 Å². The molecule has 1 saturated heterocycles. The van der Waals surface area contributed by atoms with E-state index in [2.05, 4.69) is 49.9 Å². The number of likely N-dealkylation sites (tertiary alicyclic amines) is 1. The summed E-state index contributed by atoms with van der Waals surface area (Å²) in [5.41, 5.74) is 9.22. The third kappa shape index (κ3) is 3.80. The van der Waals surface area contributed by atoms with Gasteiger partial charge in [0.15, 0.2) is 0 Å². The third-order valence-corrected chi connectivity index (χ3v) is 4.50. The second kappa shape index (κ2) is 6.06. The van der Waals surface area contributed by atoms with Crippen molar-refractivity contribution in [3.63, 3.8) is 0 Å². The van der Waals surface area contributed by atoms with Crippen molar-refractivity contribution >= 4 is 0 Å². The number of aryl methyl sites for hydroxylation is 1. The average molecular weight is 260 g/mol. The van der Waals surface area contributed by atoms with Crippen LogP contribution in [0.2, 0.25) is 0 Å². The van der Waals surface area contributed by atoms with Crippen LogP contribution in [-0.2, 0) is 0 Å². The Kier molecular flexibility index (Phi) is 4.64. The zero-order valence-electron chi connectivity index (χ0n) is 12.7. The minimum absolute atomic E-state index is 0.384. The minimum Gasteiger partial charge on any atom is -0.329 e. The molecule has 0 amide bonds. The van der Waals surface area contributed by atoms with Crippen molar-refractivity contribution in [2.75, 3.05) is 19.6 Å². The SMILES string of the molecule is Cc1ccc(C(CN)N2CCCC(C)(C)CC2)cc1. The lowest BCUT2D eigenvalue weighted by Crippen LogP contribution is -2.34. The average Bonchev–Trinajstić information content (AvgIpc) is 2.54. The van der Waals surface area contributed by atoms with Gasteiger partial charge in [-0.3, -0.25) is 4.90 Å². The Bertz CT molecular complexity index is 394. The quantitative estimate of drug-likeness (QED) is 0.901. The Balaban J connectivity index is 2.11. The van der Waals surface area contributed by atoms with Crippen LogP contribution in [0.15, 0.2) is 24.3 Å². The third-order valence-electron chi connectivity index (χ3n) is 4.50. The standard InChI is InChI=1S/C17H28N2/c1-14-5-7-15(8-6-14)16(13-18)19-11-4-9-17(2,3)10-12-19/h5-8,16H,4,9-13,18H2,1-3H3. The van der Waals surface area contributed by atoms with Crippen molar-refractivity contribution in [3.05, 3.63) is 35.4 Å². The molecule has 2 rings (SSSR count). The summed E-state index contributed by atoms with van der Waals surface area (Å²) in [6.45, 7) is 9.97. The van der Waals surface area contributed by atoms with E-state index < -0.39 is 0 Å². The molecule has 2 heteroatoms. The highest BCUT2D eigenvalue weighted by molar-refractivity contribution is 5.24. The molecule has 1 aromatic rings. The first-order chi connectivity index (χ1) is 9.02. The number of benzene rings is 1. The molecule has 0 spiro atoms. The molecule has 0 aromatic heterocycles. The monoisotopic (exact) mass is 260 g/mol. The van der Waals surface area contributed by atoms with E-state index >= 15 is 0 Å². The lowest BCUT2D eigenvalue weighted by molar-refractivity contribution is 0.200. The van der Waals surface area contributed by atoms with Crippen molar-refractivity contribution in [1.29, 1.82) is 0 Å². The molecule has 0 aliphatic carbocycles. The van der Waals surface area contributed by atoms with Gasteiger partial charge in [0.05, 0.1) is 0 Å². The highest BCUT2D eigenvalue weighted by Gasteiger charge is 2.26. The van der Waals surface area contributed by atoms with E-state index in [-0.39, 0.29) is 0 Å². The molecule has 1 aromatic carbocycles. The molecule has 2 N–H and O–H groups in total. The van der Waals surface area contributed by atoms with E-state index in [1.165, 1.54) is 43.5 Å². The Morgan fingerprint density at radius 2 is 1.84 bits per heavy atom. The lowest BCUT2D eigenvalue weighted by Gasteiger charge is -2.30. The summed E-state index contributed by atoms with van der Waals surface area (Å²) in [5, 5.41) is 0. The molecule has 1 heterocycles. The van der Waals surface area contributed by atoms with Crippen molar-refractivity contribution < 1.29 is 0 Å². The molecular weight excluding hydrogens is 232 g/mol. The van der Waals surface area contributed by atoms with Gasteiger partial charge in [0.1, 0.15) is 0 Å². The van der Waals surface area contributed by atoms with E-state index in [9.17, 15) is 0 Å². The molecular formula is C17H28N2. The molecule has 1 fully saturated rings. The van der Waals surface area contributed by atoms with Crippen LogP contribution in [0.25, 0.3) is 0 Å². The van der Waals surface area contributed by atoms with Gasteiger partial charge in [-0.25, -0.2) is 0 Å². The fourth-order valence-electron chi connectivity index (χ4n) is 3.04. The second-order valence-corrected chi connectivity index (χ2v) is 6.72. The van der Waals surface area contributed by atoms with E-state index in [1.54, 1.807) is 0 Å². The van der Waals surface area contributed by atoms with E-state index in [4.69, 9.17) is 5.73 Å². The number of nitrogens with zero attached hydrogens (tertiary/aromatic N) is 1. The summed E-state index contributed by atoms with van der Waals surface area (Å²) >= 11 is 0. The molecule has 1 aliphatic rings. The van der Waals surface area contributed by atoms with Crippen LogP contribution >= 0.6 is 0 Å². The first kappa shape index (κ1) is 14.5. The zero-order chi connectivity index (χ0) is 13.9. The van der Waals surface area contributed by atoms with Crippen molar-refractivity contribution in [3.8, 4) is 0 Å². The molecule has 1 unspecified atom stereocenters. The van der Waals surface area contributed by atoms with E-state index in [0.29, 0.717) is 18.0 Å². The van der Waals surface area contributed by atoms with Crippen LogP contribution in [0.1, 0.15) is 50.3 Å². The molecule has 106 valence electrons. The van der Waals surface area contributed by atoms with Gasteiger partial charge in [-0.2, -0.15) is 0 Å². The Morgan fingerprint density at radius 1 is 1.16 bits per heavy atom. The number of hydrogen-bond donors (Lipinski definition) is 1. The van der Waals surface area contributed by atoms with Gasteiger partial charge in [-0.15, -0.1) is 0 Å². The molecule has 1 aliphatic heterocycles. The van der Waals surface area contributed by atoms with Crippen LogP contribution in [0.5, 0.6) is 0 Å². The Hall–Kier alpha value is -0.860. The summed E-state index contributed by atoms with van der Waals surface area (Å²) in [6.07, 6.45) is 3.89. The largest absolute Gasteiger partial charge is 0.329 e. The normalized spacial score (nSPS) is 21.9. The Morgan fingerprint density at radius 3 is 2.47 bits per heavy atom. The summed E-state index contributed by atoms with van der Waals surface area (Å²) in [5.74, 6) is 0. The molecule has 0 bridgehead atoms. The van der Waals surface area contributed by atoms with Crippen molar-refractivity contribution in [2.45, 2.75) is 46.1 Å². The molecule has 0 saturated carbocycles. The lowest BCUT2D eigenvalue weighted by atomic mass is 9.85. The van der Waals surface area contributed by atoms with E-state index in [1.807, 2.05) is 0 Å². The highest BCUT2D eigenvalue weighted by Crippen LogP contribution is 2.32. The summed E-state index contributed by atoms with van der Waals surface area (Å²) in [7, 11) is 0. The van der Waals surface area contributed by atoms with Gasteiger partial charge in [0, 0.05) is 12.6 Å². The summed E-state index contributed by atoms with van der Waals surface area (Å²) in [6, 6.07) is 9.25. The van der Waals surface area contributed by atoms with E-state index in [0.717, 1.165) is 0 Å². The molecule has 0 radical (unpaired) electrons. The Labute approximate surface area is 118 Å². The summed E-state index contributed by atoms with van der Waals surface area (Å²) in [4.78, 5) is 2.58. The van der Waals surface area contributed by atoms with Gasteiger partial charge in [0.2, 0.25) is 0 Å². The topological polar surface area (TPSA) is 29.3 Å². The van der Waals surface area contributed by atoms with Gasteiger partial charge in [0.25, 0.3) is 0 Å². The smallest absolute Gasteiger partial charge is 0.0470 e. The van der Waals surface area contributed by atoms with Crippen LogP contribution < -0.4 is 5.73 Å². The van der Waals surface area contributed by atoms with Crippen LogP contribution in [0, 0.1) is 12.3 Å². The number of hydrogen-bond acceptors (Lipinski definition) is 2. The maximum atomic E-state index is 6.05. The molecule has 2 nitrogen and oxygen atoms in total. The number of nitrogens with two attached hydrogens (primary N) is 1. The van der Waals surface area contributed by atoms with Gasteiger partial charge in [-0.1, -0.05) is 43.7 Å². The van der Waals surface area contributed by atoms with Gasteiger partial charge in [-0.05, 0) is 50.3 Å². The predicted molar refractivity (Wildman–Crippen MR) is 82.2 cm³/mol. The molecule has 1 atom stereocenters. The second-order valence-electron chi connectivity index (χ2n) is 6.72. The van der Waals surface area contributed by atoms with Crippen molar-refractivity contribution in [2.24, 2.45) is 11.1 Å². The van der Waals surface area contributed by atoms with Crippen LogP contribution in [0.4, 0.5) is 0 Å². The number of rotatable bonds is 3. The van der Waals surface area contributed by atoms with Crippen LogP contribution in [0.3, 0.4) is 0 Å². The van der Waals surface area contributed by atoms with Gasteiger partial charge < -0.3 is 5.73 Å². The molecule has 19 heavy (non-hydrogen) atoms. The highest BCUT2D eigenvalue weighted by atomic mass is 15.2. The maximum absolute atomic E-state index is 6.05. The summed E-state index contributed by atoms with van der Waals surface area (Å²) < 4.78 is 0. The fourth-order valence-corrected chi connectivity index (χ4v) is 3.04. The van der Waals surface area contributed by atoms with Crippen LogP contribution in [-0.4, -0.2) is 24.5 Å². The first-order valence-electron chi connectivity index (χ1n) is 7.52. The maximum Gasteiger partial charge on any atom is 0.0470 e. The minimum atomic E-state index is 0.384.